The molecule has 2 N–H and O–H groups in total. The lowest BCUT2D eigenvalue weighted by atomic mass is 10.0. The molecule has 0 radical (unpaired) electrons. The van der Waals surface area contributed by atoms with Gasteiger partial charge in [-0.1, -0.05) is 13.0 Å². The Morgan fingerprint density at radius 2 is 1.89 bits per heavy atom. The molecule has 0 aliphatic carbocycles. The van der Waals surface area contributed by atoms with E-state index in [1.807, 2.05) is 19.9 Å². The maximum atomic E-state index is 13.8. The summed E-state index contributed by atoms with van der Waals surface area (Å²) < 4.78 is 15.9. The van der Waals surface area contributed by atoms with Gasteiger partial charge in [-0.05, 0) is 32.9 Å². The summed E-state index contributed by atoms with van der Waals surface area (Å²) in [6, 6.07) is 5.29. The van der Waals surface area contributed by atoms with E-state index >= 15 is 0 Å². The molecule has 0 saturated carbocycles. The highest BCUT2D eigenvalue weighted by Crippen LogP contribution is 2.28. The lowest BCUT2D eigenvalue weighted by molar-refractivity contribution is 0.511. The fourth-order valence-electron chi connectivity index (χ4n) is 2.20. The first-order valence-corrected chi connectivity index (χ1v) is 6.35. The van der Waals surface area contributed by atoms with Crippen molar-refractivity contribution in [2.45, 2.75) is 45.7 Å². The molecule has 18 heavy (non-hydrogen) atoms. The third-order valence-corrected chi connectivity index (χ3v) is 3.41. The number of para-hydroxylation sites is 1. The predicted octanol–water partition coefficient (Wildman–Crippen LogP) is 3.21. The largest absolute Gasteiger partial charge is 0.327 e. The van der Waals surface area contributed by atoms with Gasteiger partial charge in [0.05, 0.1) is 5.52 Å². The summed E-state index contributed by atoms with van der Waals surface area (Å²) in [5.41, 5.74) is 7.23. The Balaban J connectivity index is 2.73. The van der Waals surface area contributed by atoms with Crippen LogP contribution in [0.25, 0.3) is 11.0 Å². The average molecular weight is 249 g/mol. The van der Waals surface area contributed by atoms with Gasteiger partial charge in [0.2, 0.25) is 0 Å². The molecule has 1 aromatic heterocycles. The summed E-state index contributed by atoms with van der Waals surface area (Å²) >= 11 is 0. The first kappa shape index (κ1) is 13.0. The molecule has 0 fully saturated rings. The molecule has 0 amide bonds. The molecule has 0 aliphatic rings. The Morgan fingerprint density at radius 3 is 2.44 bits per heavy atom. The molecule has 0 spiro atoms. The number of benzene rings is 1. The van der Waals surface area contributed by atoms with Crippen LogP contribution in [0.2, 0.25) is 0 Å². The quantitative estimate of drug-likeness (QED) is 0.907. The van der Waals surface area contributed by atoms with Crippen LogP contribution in [0.1, 0.15) is 45.5 Å². The molecule has 4 heteroatoms. The Hall–Kier alpha value is -1.42. The molecule has 98 valence electrons. The number of hydrogen-bond acceptors (Lipinski definition) is 2. The van der Waals surface area contributed by atoms with E-state index in [9.17, 15) is 4.39 Å². The summed E-state index contributed by atoms with van der Waals surface area (Å²) in [5, 5.41) is 0. The summed E-state index contributed by atoms with van der Waals surface area (Å²) in [7, 11) is 0. The zero-order valence-electron chi connectivity index (χ0n) is 11.3. The second kappa shape index (κ2) is 4.69. The van der Waals surface area contributed by atoms with Gasteiger partial charge in [0, 0.05) is 18.0 Å². The van der Waals surface area contributed by atoms with Crippen LogP contribution < -0.4 is 5.73 Å². The van der Waals surface area contributed by atoms with Crippen LogP contribution in [-0.4, -0.2) is 15.6 Å². The lowest BCUT2D eigenvalue weighted by Gasteiger charge is -2.19. The SMILES string of the molecule is CC(N)C(C)c1nc2c(F)cccc2n1C(C)C. The van der Waals surface area contributed by atoms with Crippen LogP contribution in [0, 0.1) is 5.82 Å². The van der Waals surface area contributed by atoms with E-state index in [2.05, 4.69) is 23.4 Å². The monoisotopic (exact) mass is 249 g/mol. The van der Waals surface area contributed by atoms with Crippen molar-refractivity contribution in [3.63, 3.8) is 0 Å². The normalized spacial score (nSPS) is 15.3. The summed E-state index contributed by atoms with van der Waals surface area (Å²) in [6.45, 7) is 8.13. The van der Waals surface area contributed by atoms with E-state index in [-0.39, 0.29) is 23.8 Å². The lowest BCUT2D eigenvalue weighted by Crippen LogP contribution is -2.25. The van der Waals surface area contributed by atoms with Gasteiger partial charge >= 0.3 is 0 Å². The van der Waals surface area contributed by atoms with Crippen LogP contribution >= 0.6 is 0 Å². The van der Waals surface area contributed by atoms with E-state index in [1.54, 1.807) is 6.07 Å². The van der Waals surface area contributed by atoms with Crippen molar-refractivity contribution in [1.82, 2.24) is 9.55 Å². The third kappa shape index (κ3) is 2.01. The van der Waals surface area contributed by atoms with Gasteiger partial charge in [-0.25, -0.2) is 9.37 Å². The molecular weight excluding hydrogens is 229 g/mol. The van der Waals surface area contributed by atoms with Gasteiger partial charge in [0.25, 0.3) is 0 Å². The van der Waals surface area contributed by atoms with Gasteiger partial charge in [-0.15, -0.1) is 0 Å². The Labute approximate surface area is 107 Å². The minimum Gasteiger partial charge on any atom is -0.327 e. The van der Waals surface area contributed by atoms with E-state index in [0.717, 1.165) is 11.3 Å². The van der Waals surface area contributed by atoms with Crippen molar-refractivity contribution in [2.75, 3.05) is 0 Å². The fraction of sp³-hybridized carbons (Fsp3) is 0.500. The number of rotatable bonds is 3. The summed E-state index contributed by atoms with van der Waals surface area (Å²) in [5.74, 6) is 0.685. The average Bonchev–Trinajstić information content (AvgIpc) is 2.68. The minimum absolute atomic E-state index is 0.0117. The van der Waals surface area contributed by atoms with Gasteiger partial charge in [0.1, 0.15) is 11.3 Å². The number of fused-ring (bicyclic) bond motifs is 1. The third-order valence-electron chi connectivity index (χ3n) is 3.41. The highest BCUT2D eigenvalue weighted by atomic mass is 19.1. The molecule has 3 nitrogen and oxygen atoms in total. The Kier molecular flexibility index (Phi) is 3.39. The van der Waals surface area contributed by atoms with Crippen molar-refractivity contribution in [1.29, 1.82) is 0 Å². The number of nitrogens with two attached hydrogens (primary N) is 1. The van der Waals surface area contributed by atoms with E-state index in [0.29, 0.717) is 5.52 Å². The molecule has 2 unspecified atom stereocenters. The predicted molar refractivity (Wildman–Crippen MR) is 72.1 cm³/mol. The van der Waals surface area contributed by atoms with Crippen molar-refractivity contribution in [3.05, 3.63) is 29.8 Å². The van der Waals surface area contributed by atoms with Crippen LogP contribution in [0.15, 0.2) is 18.2 Å². The zero-order valence-corrected chi connectivity index (χ0v) is 11.3. The van der Waals surface area contributed by atoms with Gasteiger partial charge in [-0.3, -0.25) is 0 Å². The second-order valence-corrected chi connectivity index (χ2v) is 5.19. The van der Waals surface area contributed by atoms with Crippen LogP contribution in [0.5, 0.6) is 0 Å². The zero-order chi connectivity index (χ0) is 13.4. The molecule has 2 aromatic rings. The fourth-order valence-corrected chi connectivity index (χ4v) is 2.20. The summed E-state index contributed by atoms with van der Waals surface area (Å²) in [6.07, 6.45) is 0. The van der Waals surface area contributed by atoms with Crippen molar-refractivity contribution in [2.24, 2.45) is 5.73 Å². The highest BCUT2D eigenvalue weighted by Gasteiger charge is 2.22. The molecule has 0 bridgehead atoms. The standard InChI is InChI=1S/C14H20FN3/c1-8(2)18-12-7-5-6-11(15)13(12)17-14(18)9(3)10(4)16/h5-10H,16H2,1-4H3. The van der Waals surface area contributed by atoms with E-state index in [4.69, 9.17) is 5.73 Å². The molecule has 0 saturated heterocycles. The smallest absolute Gasteiger partial charge is 0.151 e. The molecular formula is C14H20FN3. The van der Waals surface area contributed by atoms with Crippen LogP contribution in [0.4, 0.5) is 4.39 Å². The summed E-state index contributed by atoms with van der Waals surface area (Å²) in [4.78, 5) is 4.46. The first-order valence-electron chi connectivity index (χ1n) is 6.35. The Morgan fingerprint density at radius 1 is 1.22 bits per heavy atom. The maximum Gasteiger partial charge on any atom is 0.151 e. The number of hydrogen-bond donors (Lipinski definition) is 1. The van der Waals surface area contributed by atoms with Crippen LogP contribution in [0.3, 0.4) is 0 Å². The molecule has 2 rings (SSSR count). The first-order chi connectivity index (χ1) is 8.43. The highest BCUT2D eigenvalue weighted by molar-refractivity contribution is 5.77. The molecule has 1 aromatic carbocycles. The number of imidazole rings is 1. The van der Waals surface area contributed by atoms with Gasteiger partial charge in [0.15, 0.2) is 5.82 Å². The van der Waals surface area contributed by atoms with E-state index in [1.165, 1.54) is 6.07 Å². The van der Waals surface area contributed by atoms with Crippen molar-refractivity contribution >= 4 is 11.0 Å². The topological polar surface area (TPSA) is 43.8 Å². The molecule has 0 aliphatic heterocycles. The van der Waals surface area contributed by atoms with Crippen molar-refractivity contribution < 1.29 is 4.39 Å². The number of halogens is 1. The van der Waals surface area contributed by atoms with Gasteiger partial charge in [-0.2, -0.15) is 0 Å². The second-order valence-electron chi connectivity index (χ2n) is 5.19. The maximum absolute atomic E-state index is 13.8. The minimum atomic E-state index is -0.273. The van der Waals surface area contributed by atoms with E-state index < -0.39 is 0 Å². The van der Waals surface area contributed by atoms with Crippen LogP contribution in [-0.2, 0) is 0 Å². The van der Waals surface area contributed by atoms with Gasteiger partial charge < -0.3 is 10.3 Å². The molecule has 1 heterocycles. The van der Waals surface area contributed by atoms with Crippen molar-refractivity contribution in [3.8, 4) is 0 Å². The molecule has 2 atom stereocenters. The number of nitrogens with zero attached hydrogens (tertiary/aromatic N) is 2. The number of aromatic nitrogens is 2. The Bertz CT molecular complexity index is 557.